The number of benzene rings is 2. The van der Waals surface area contributed by atoms with Crippen LogP contribution in [0.5, 0.6) is 0 Å². The van der Waals surface area contributed by atoms with Crippen molar-refractivity contribution >= 4 is 35.0 Å². The molecule has 0 unspecified atom stereocenters. The first-order valence-corrected chi connectivity index (χ1v) is 7.35. The summed E-state index contributed by atoms with van der Waals surface area (Å²) in [5.41, 5.74) is 0.798. The van der Waals surface area contributed by atoms with Crippen molar-refractivity contribution in [1.82, 2.24) is 4.90 Å². The van der Waals surface area contributed by atoms with Crippen LogP contribution in [0.15, 0.2) is 48.5 Å². The third kappa shape index (κ3) is 2.59. The molecule has 0 atom stereocenters. The average molecular weight is 329 g/mol. The van der Waals surface area contributed by atoms with Crippen LogP contribution in [0.25, 0.3) is 0 Å². The fourth-order valence-corrected chi connectivity index (χ4v) is 2.73. The Kier molecular flexibility index (Phi) is 3.88. The number of rotatable bonds is 1. The minimum Gasteiger partial charge on any atom is -0.332 e. The van der Waals surface area contributed by atoms with Crippen LogP contribution in [0.1, 0.15) is 20.7 Å². The molecule has 0 bridgehead atoms. The summed E-state index contributed by atoms with van der Waals surface area (Å²) in [5.74, 6) is -1.32. The van der Waals surface area contributed by atoms with Crippen LogP contribution in [-0.2, 0) is 4.79 Å². The molecule has 0 saturated heterocycles. The van der Waals surface area contributed by atoms with E-state index >= 15 is 0 Å². The van der Waals surface area contributed by atoms with Crippen molar-refractivity contribution in [3.63, 3.8) is 0 Å². The molecule has 1 aliphatic rings. The summed E-state index contributed by atoms with van der Waals surface area (Å²) >= 11 is 6.08. The van der Waals surface area contributed by atoms with Crippen molar-refractivity contribution in [3.05, 3.63) is 64.7 Å². The zero-order valence-corrected chi connectivity index (χ0v) is 13.1. The standard InChI is InChI=1S/C17H13ClN2O3/c1-19-10-15(21)20(14-9-5-3-7-12(14)16(19)22)17(23)11-6-2-4-8-13(11)18/h2-9H,10H2,1H3. The number of anilines is 1. The van der Waals surface area contributed by atoms with Gasteiger partial charge in [-0.3, -0.25) is 14.4 Å². The minimum absolute atomic E-state index is 0.177. The highest BCUT2D eigenvalue weighted by Crippen LogP contribution is 2.28. The van der Waals surface area contributed by atoms with Gasteiger partial charge in [0.05, 0.1) is 21.8 Å². The summed E-state index contributed by atoms with van der Waals surface area (Å²) in [5, 5.41) is 0.256. The lowest BCUT2D eigenvalue weighted by molar-refractivity contribution is -0.118. The van der Waals surface area contributed by atoms with E-state index in [1.807, 2.05) is 0 Å². The van der Waals surface area contributed by atoms with Crippen molar-refractivity contribution in [1.29, 1.82) is 0 Å². The van der Waals surface area contributed by atoms with E-state index in [-0.39, 0.29) is 28.7 Å². The molecule has 0 spiro atoms. The number of likely N-dealkylation sites (N-methyl/N-ethyl adjacent to an activating group) is 1. The van der Waals surface area contributed by atoms with Gasteiger partial charge in [-0.2, -0.15) is 0 Å². The maximum atomic E-state index is 12.9. The Morgan fingerprint density at radius 2 is 1.70 bits per heavy atom. The van der Waals surface area contributed by atoms with Gasteiger partial charge in [-0.15, -0.1) is 0 Å². The number of hydrogen-bond donors (Lipinski definition) is 0. The molecule has 1 aliphatic heterocycles. The molecule has 0 fully saturated rings. The number of carbonyl (C=O) groups excluding carboxylic acids is 3. The van der Waals surface area contributed by atoms with E-state index < -0.39 is 11.8 Å². The summed E-state index contributed by atoms with van der Waals surface area (Å²) in [6.07, 6.45) is 0. The molecule has 3 rings (SSSR count). The number of carbonyl (C=O) groups is 3. The molecule has 0 saturated carbocycles. The second-order valence-corrected chi connectivity index (χ2v) is 5.60. The van der Waals surface area contributed by atoms with Gasteiger partial charge in [-0.1, -0.05) is 35.9 Å². The lowest BCUT2D eigenvalue weighted by atomic mass is 10.1. The highest BCUT2D eigenvalue weighted by molar-refractivity contribution is 6.36. The van der Waals surface area contributed by atoms with Crippen molar-refractivity contribution in [2.75, 3.05) is 18.5 Å². The van der Waals surface area contributed by atoms with Crippen LogP contribution >= 0.6 is 11.6 Å². The molecule has 2 aromatic rings. The summed E-state index contributed by atoms with van der Waals surface area (Å²) in [6, 6.07) is 13.1. The second kappa shape index (κ2) is 5.85. The third-order valence-electron chi connectivity index (χ3n) is 3.65. The molecular weight excluding hydrogens is 316 g/mol. The Morgan fingerprint density at radius 3 is 2.43 bits per heavy atom. The molecule has 0 aromatic heterocycles. The summed E-state index contributed by atoms with van der Waals surface area (Å²) < 4.78 is 0. The number of fused-ring (bicyclic) bond motifs is 1. The fourth-order valence-electron chi connectivity index (χ4n) is 2.51. The van der Waals surface area contributed by atoms with Gasteiger partial charge in [0, 0.05) is 7.05 Å². The average Bonchev–Trinajstić information content (AvgIpc) is 2.63. The Morgan fingerprint density at radius 1 is 1.04 bits per heavy atom. The predicted molar refractivity (Wildman–Crippen MR) is 86.7 cm³/mol. The maximum absolute atomic E-state index is 12.9. The summed E-state index contributed by atoms with van der Waals surface area (Å²) in [7, 11) is 1.53. The van der Waals surface area contributed by atoms with E-state index in [1.54, 1.807) is 48.5 Å². The third-order valence-corrected chi connectivity index (χ3v) is 3.98. The lowest BCUT2D eigenvalue weighted by Crippen LogP contribution is -2.41. The molecule has 6 heteroatoms. The highest BCUT2D eigenvalue weighted by Gasteiger charge is 2.34. The maximum Gasteiger partial charge on any atom is 0.266 e. The van der Waals surface area contributed by atoms with Crippen LogP contribution in [0.4, 0.5) is 5.69 Å². The van der Waals surface area contributed by atoms with Gasteiger partial charge in [-0.05, 0) is 24.3 Å². The topological polar surface area (TPSA) is 57.7 Å². The van der Waals surface area contributed by atoms with Gasteiger partial charge in [-0.25, -0.2) is 4.90 Å². The normalized spacial score (nSPS) is 14.5. The van der Waals surface area contributed by atoms with E-state index in [0.717, 1.165) is 4.90 Å². The van der Waals surface area contributed by atoms with E-state index in [4.69, 9.17) is 11.6 Å². The van der Waals surface area contributed by atoms with Crippen LogP contribution in [0.3, 0.4) is 0 Å². The monoisotopic (exact) mass is 328 g/mol. The van der Waals surface area contributed by atoms with Gasteiger partial charge >= 0.3 is 0 Å². The molecule has 116 valence electrons. The van der Waals surface area contributed by atoms with Crippen molar-refractivity contribution in [2.45, 2.75) is 0 Å². The first kappa shape index (κ1) is 15.2. The van der Waals surface area contributed by atoms with Gasteiger partial charge in [0.15, 0.2) is 0 Å². The van der Waals surface area contributed by atoms with Gasteiger partial charge < -0.3 is 4.90 Å². The molecular formula is C17H13ClN2O3. The fraction of sp³-hybridized carbons (Fsp3) is 0.118. The number of halogens is 1. The Hall–Kier alpha value is -2.66. The van der Waals surface area contributed by atoms with Crippen LogP contribution in [0.2, 0.25) is 5.02 Å². The molecule has 0 radical (unpaired) electrons. The van der Waals surface area contributed by atoms with Crippen LogP contribution in [0, 0.1) is 0 Å². The minimum atomic E-state index is -0.545. The molecule has 3 amide bonds. The molecule has 0 N–H and O–H groups in total. The molecule has 2 aromatic carbocycles. The Labute approximate surface area is 138 Å². The van der Waals surface area contributed by atoms with E-state index in [1.165, 1.54) is 11.9 Å². The number of para-hydroxylation sites is 1. The molecule has 23 heavy (non-hydrogen) atoms. The SMILES string of the molecule is CN1CC(=O)N(C(=O)c2ccccc2Cl)c2ccccc2C1=O. The summed E-state index contributed by atoms with van der Waals surface area (Å²) in [4.78, 5) is 40.1. The zero-order valence-electron chi connectivity index (χ0n) is 12.3. The lowest BCUT2D eigenvalue weighted by Gasteiger charge is -2.20. The Balaban J connectivity index is 2.16. The van der Waals surface area contributed by atoms with Crippen molar-refractivity contribution < 1.29 is 14.4 Å². The Bertz CT molecular complexity index is 819. The molecule has 5 nitrogen and oxygen atoms in total. The number of imide groups is 1. The van der Waals surface area contributed by atoms with Gasteiger partial charge in [0.1, 0.15) is 6.54 Å². The number of hydrogen-bond acceptors (Lipinski definition) is 3. The zero-order chi connectivity index (χ0) is 16.6. The van der Waals surface area contributed by atoms with Gasteiger partial charge in [0.25, 0.3) is 17.7 Å². The second-order valence-electron chi connectivity index (χ2n) is 5.19. The van der Waals surface area contributed by atoms with E-state index in [2.05, 4.69) is 0 Å². The van der Waals surface area contributed by atoms with E-state index in [0.29, 0.717) is 5.56 Å². The van der Waals surface area contributed by atoms with Crippen LogP contribution < -0.4 is 4.90 Å². The van der Waals surface area contributed by atoms with Gasteiger partial charge in [0.2, 0.25) is 0 Å². The molecule has 0 aliphatic carbocycles. The molecule has 1 heterocycles. The quantitative estimate of drug-likeness (QED) is 0.756. The first-order chi connectivity index (χ1) is 11.0. The predicted octanol–water partition coefficient (Wildman–Crippen LogP) is 2.60. The van der Waals surface area contributed by atoms with Crippen LogP contribution in [-0.4, -0.2) is 36.2 Å². The van der Waals surface area contributed by atoms with Crippen molar-refractivity contribution in [2.24, 2.45) is 0 Å². The smallest absolute Gasteiger partial charge is 0.266 e. The number of amides is 3. The van der Waals surface area contributed by atoms with Crippen molar-refractivity contribution in [3.8, 4) is 0 Å². The summed E-state index contributed by atoms with van der Waals surface area (Å²) in [6.45, 7) is -0.177. The highest BCUT2D eigenvalue weighted by atomic mass is 35.5. The van der Waals surface area contributed by atoms with E-state index in [9.17, 15) is 14.4 Å². The largest absolute Gasteiger partial charge is 0.332 e. The first-order valence-electron chi connectivity index (χ1n) is 6.97. The number of nitrogens with zero attached hydrogens (tertiary/aromatic N) is 2.